The van der Waals surface area contributed by atoms with Crippen LogP contribution in [0.1, 0.15) is 10.4 Å². The summed E-state index contributed by atoms with van der Waals surface area (Å²) >= 11 is 0. The number of aromatic amines is 1. The summed E-state index contributed by atoms with van der Waals surface area (Å²) in [6, 6.07) is 6.02. The monoisotopic (exact) mass is 289 g/mol. The maximum Gasteiger partial charge on any atom is 0.316 e. The molecule has 0 saturated heterocycles. The molecule has 1 aromatic heterocycles. The smallest absolute Gasteiger partial charge is 0.316 e. The Morgan fingerprint density at radius 1 is 1.10 bits per heavy atom. The standard InChI is InChI=1S/C11H11N7O3/c12-7(19)5-3-1-2-4-6(5)14-8(20)9(21)15-11-16-10(13)17-18-11/h1-4H,(H2,12,19)(H,14,20)(H4,13,15,16,17,18,21). The quantitative estimate of drug-likeness (QED) is 0.457. The molecule has 0 unspecified atom stereocenters. The number of anilines is 3. The first kappa shape index (κ1) is 14.0. The number of para-hydroxylation sites is 1. The van der Waals surface area contributed by atoms with Gasteiger partial charge in [0, 0.05) is 0 Å². The third kappa shape index (κ3) is 3.32. The van der Waals surface area contributed by atoms with Crippen molar-refractivity contribution >= 4 is 35.3 Å². The molecule has 0 aliphatic rings. The van der Waals surface area contributed by atoms with Gasteiger partial charge in [-0.2, -0.15) is 4.98 Å². The molecule has 0 spiro atoms. The Labute approximate surface area is 117 Å². The van der Waals surface area contributed by atoms with Crippen LogP contribution in [0.3, 0.4) is 0 Å². The van der Waals surface area contributed by atoms with Crippen LogP contribution in [0.2, 0.25) is 0 Å². The van der Waals surface area contributed by atoms with Gasteiger partial charge in [0.25, 0.3) is 11.9 Å². The highest BCUT2D eigenvalue weighted by molar-refractivity contribution is 6.43. The number of nitrogens with zero attached hydrogens (tertiary/aromatic N) is 2. The van der Waals surface area contributed by atoms with E-state index < -0.39 is 17.7 Å². The van der Waals surface area contributed by atoms with Crippen LogP contribution in [0.4, 0.5) is 17.6 Å². The van der Waals surface area contributed by atoms with E-state index in [-0.39, 0.29) is 23.1 Å². The van der Waals surface area contributed by atoms with Gasteiger partial charge < -0.3 is 16.8 Å². The van der Waals surface area contributed by atoms with Crippen LogP contribution in [0.15, 0.2) is 24.3 Å². The second kappa shape index (κ2) is 5.69. The molecule has 7 N–H and O–H groups in total. The second-order valence-corrected chi connectivity index (χ2v) is 3.86. The molecule has 21 heavy (non-hydrogen) atoms. The van der Waals surface area contributed by atoms with Gasteiger partial charge in [0.05, 0.1) is 11.3 Å². The van der Waals surface area contributed by atoms with E-state index in [1.165, 1.54) is 12.1 Å². The van der Waals surface area contributed by atoms with Gasteiger partial charge in [0.15, 0.2) is 0 Å². The van der Waals surface area contributed by atoms with Crippen LogP contribution >= 0.6 is 0 Å². The fourth-order valence-corrected chi connectivity index (χ4v) is 1.47. The zero-order chi connectivity index (χ0) is 15.4. The third-order valence-electron chi connectivity index (χ3n) is 2.37. The molecule has 0 bridgehead atoms. The molecule has 2 aromatic rings. The van der Waals surface area contributed by atoms with Crippen molar-refractivity contribution in [2.45, 2.75) is 0 Å². The minimum absolute atomic E-state index is 0.00946. The number of carbonyl (C=O) groups excluding carboxylic acids is 3. The lowest BCUT2D eigenvalue weighted by atomic mass is 10.1. The minimum Gasteiger partial charge on any atom is -0.368 e. The number of amides is 3. The summed E-state index contributed by atoms with van der Waals surface area (Å²) in [6.45, 7) is 0. The Kier molecular flexibility index (Phi) is 3.79. The molecule has 3 amide bonds. The molecule has 0 atom stereocenters. The average molecular weight is 289 g/mol. The van der Waals surface area contributed by atoms with Crippen molar-refractivity contribution in [3.8, 4) is 0 Å². The number of hydrogen-bond acceptors (Lipinski definition) is 6. The summed E-state index contributed by atoms with van der Waals surface area (Å²) < 4.78 is 0. The first-order valence-corrected chi connectivity index (χ1v) is 5.66. The van der Waals surface area contributed by atoms with Gasteiger partial charge in [-0.3, -0.25) is 19.7 Å². The van der Waals surface area contributed by atoms with Gasteiger partial charge in [-0.15, -0.1) is 5.10 Å². The SMILES string of the molecule is NC(=O)c1ccccc1NC(=O)C(=O)Nc1n[nH]c(N)n1. The lowest BCUT2D eigenvalue weighted by Gasteiger charge is -2.07. The number of nitrogens with two attached hydrogens (primary N) is 2. The number of nitrogens with one attached hydrogen (secondary N) is 3. The number of nitrogen functional groups attached to an aromatic ring is 1. The van der Waals surface area contributed by atoms with Gasteiger partial charge in [-0.05, 0) is 12.1 Å². The van der Waals surface area contributed by atoms with Crippen LogP contribution in [0, 0.1) is 0 Å². The number of hydrogen-bond donors (Lipinski definition) is 5. The minimum atomic E-state index is -1.02. The van der Waals surface area contributed by atoms with Gasteiger partial charge in [0.2, 0.25) is 5.95 Å². The average Bonchev–Trinajstić information content (AvgIpc) is 2.84. The first-order chi connectivity index (χ1) is 9.97. The maximum absolute atomic E-state index is 11.7. The predicted octanol–water partition coefficient (Wildman–Crippen LogP) is -0.937. The number of rotatable bonds is 3. The molecular weight excluding hydrogens is 278 g/mol. The second-order valence-electron chi connectivity index (χ2n) is 3.86. The van der Waals surface area contributed by atoms with Crippen LogP contribution < -0.4 is 22.1 Å². The highest BCUT2D eigenvalue weighted by Gasteiger charge is 2.18. The Morgan fingerprint density at radius 2 is 1.76 bits per heavy atom. The lowest BCUT2D eigenvalue weighted by Crippen LogP contribution is -2.30. The van der Waals surface area contributed by atoms with E-state index in [9.17, 15) is 14.4 Å². The molecule has 0 fully saturated rings. The van der Waals surface area contributed by atoms with Gasteiger partial charge in [-0.1, -0.05) is 12.1 Å². The molecule has 0 aliphatic heterocycles. The summed E-state index contributed by atoms with van der Waals surface area (Å²) in [7, 11) is 0. The zero-order valence-corrected chi connectivity index (χ0v) is 10.6. The molecule has 10 nitrogen and oxygen atoms in total. The number of H-pyrrole nitrogens is 1. The topological polar surface area (TPSA) is 169 Å². The van der Waals surface area contributed by atoms with E-state index >= 15 is 0 Å². The Bertz CT molecular complexity index is 709. The van der Waals surface area contributed by atoms with Crippen molar-refractivity contribution in [1.82, 2.24) is 15.2 Å². The molecular formula is C11H11N7O3. The van der Waals surface area contributed by atoms with E-state index in [1.54, 1.807) is 12.1 Å². The van der Waals surface area contributed by atoms with E-state index in [1.807, 2.05) is 0 Å². The summed E-state index contributed by atoms with van der Waals surface area (Å²) in [5.41, 5.74) is 10.6. The van der Waals surface area contributed by atoms with Crippen molar-refractivity contribution < 1.29 is 14.4 Å². The van der Waals surface area contributed by atoms with Crippen LogP contribution in [-0.2, 0) is 9.59 Å². The summed E-state index contributed by atoms with van der Waals surface area (Å²) in [6.07, 6.45) is 0. The normalized spacial score (nSPS) is 9.90. The third-order valence-corrected chi connectivity index (χ3v) is 2.37. The number of carbonyl (C=O) groups is 3. The number of primary amides is 1. The predicted molar refractivity (Wildman–Crippen MR) is 73.0 cm³/mol. The Morgan fingerprint density at radius 3 is 2.38 bits per heavy atom. The molecule has 0 radical (unpaired) electrons. The molecule has 2 rings (SSSR count). The van der Waals surface area contributed by atoms with E-state index in [4.69, 9.17) is 11.5 Å². The lowest BCUT2D eigenvalue weighted by molar-refractivity contribution is -0.133. The van der Waals surface area contributed by atoms with E-state index in [2.05, 4.69) is 25.8 Å². The first-order valence-electron chi connectivity index (χ1n) is 5.66. The summed E-state index contributed by atoms with van der Waals surface area (Å²) in [4.78, 5) is 38.2. The zero-order valence-electron chi connectivity index (χ0n) is 10.6. The van der Waals surface area contributed by atoms with Gasteiger partial charge in [0.1, 0.15) is 0 Å². The van der Waals surface area contributed by atoms with Crippen molar-refractivity contribution in [1.29, 1.82) is 0 Å². The van der Waals surface area contributed by atoms with E-state index in [0.29, 0.717) is 0 Å². The number of benzene rings is 1. The largest absolute Gasteiger partial charge is 0.368 e. The fourth-order valence-electron chi connectivity index (χ4n) is 1.47. The molecule has 10 heteroatoms. The Hall–Kier alpha value is -3.43. The van der Waals surface area contributed by atoms with Crippen LogP contribution in [0.25, 0.3) is 0 Å². The highest BCUT2D eigenvalue weighted by atomic mass is 16.2. The van der Waals surface area contributed by atoms with Crippen LogP contribution in [0.5, 0.6) is 0 Å². The Balaban J connectivity index is 2.07. The molecule has 0 aliphatic carbocycles. The highest BCUT2D eigenvalue weighted by Crippen LogP contribution is 2.14. The molecule has 1 aromatic carbocycles. The van der Waals surface area contributed by atoms with Crippen molar-refractivity contribution in [3.05, 3.63) is 29.8 Å². The number of aromatic nitrogens is 3. The van der Waals surface area contributed by atoms with E-state index in [0.717, 1.165) is 0 Å². The van der Waals surface area contributed by atoms with Crippen LogP contribution in [-0.4, -0.2) is 32.9 Å². The molecule has 0 saturated carbocycles. The van der Waals surface area contributed by atoms with Gasteiger partial charge >= 0.3 is 11.8 Å². The summed E-state index contributed by atoms with van der Waals surface area (Å²) in [5.74, 6) is -2.91. The molecule has 108 valence electrons. The molecule has 1 heterocycles. The van der Waals surface area contributed by atoms with Gasteiger partial charge in [-0.25, -0.2) is 5.10 Å². The summed E-state index contributed by atoms with van der Waals surface area (Å²) in [5, 5.41) is 10.2. The van der Waals surface area contributed by atoms with Crippen molar-refractivity contribution in [3.63, 3.8) is 0 Å². The van der Waals surface area contributed by atoms with Crippen molar-refractivity contribution in [2.24, 2.45) is 5.73 Å². The van der Waals surface area contributed by atoms with Crippen molar-refractivity contribution in [2.75, 3.05) is 16.4 Å². The fraction of sp³-hybridized carbons (Fsp3) is 0. The maximum atomic E-state index is 11.7.